The number of nitrogens with one attached hydrogen (secondary N) is 2. The normalized spacial score (nSPS) is 11.2. The molecular weight excluding hydrogens is 332 g/mol. The van der Waals surface area contributed by atoms with Crippen LogP contribution in [0.25, 0.3) is 16.2 Å². The van der Waals surface area contributed by atoms with Crippen LogP contribution in [-0.4, -0.2) is 17.7 Å². The van der Waals surface area contributed by atoms with Crippen LogP contribution in [0.1, 0.15) is 16.7 Å². The summed E-state index contributed by atoms with van der Waals surface area (Å²) in [6.07, 6.45) is 3.95. The molecule has 0 atom stereocenters. The molecule has 25 heavy (non-hydrogen) atoms. The molecule has 0 saturated heterocycles. The van der Waals surface area contributed by atoms with E-state index in [0.29, 0.717) is 0 Å². The van der Waals surface area contributed by atoms with Gasteiger partial charge in [0, 0.05) is 17.3 Å². The Hall–Kier alpha value is -2.47. The smallest absolute Gasteiger partial charge is 0.267 e. The van der Waals surface area contributed by atoms with Crippen molar-refractivity contribution in [2.24, 2.45) is 0 Å². The van der Waals surface area contributed by atoms with Gasteiger partial charge in [-0.1, -0.05) is 36.4 Å². The summed E-state index contributed by atoms with van der Waals surface area (Å²) in [6, 6.07) is 16.8. The van der Waals surface area contributed by atoms with Gasteiger partial charge in [-0.25, -0.2) is 5.48 Å². The minimum absolute atomic E-state index is 0.536. The van der Waals surface area contributed by atoms with E-state index in [-0.39, 0.29) is 0 Å². The van der Waals surface area contributed by atoms with Crippen LogP contribution in [0, 0.1) is 0 Å². The second-order valence-corrected chi connectivity index (χ2v) is 6.72. The van der Waals surface area contributed by atoms with E-state index in [1.165, 1.54) is 27.3 Å². The molecular formula is C20H20N2O2S. The van der Waals surface area contributed by atoms with E-state index in [0.717, 1.165) is 25.1 Å². The molecule has 3 aromatic rings. The minimum Gasteiger partial charge on any atom is -0.312 e. The summed E-state index contributed by atoms with van der Waals surface area (Å²) in [5.74, 6) is -0.536. The van der Waals surface area contributed by atoms with E-state index in [1.54, 1.807) is 22.9 Å². The Labute approximate surface area is 150 Å². The van der Waals surface area contributed by atoms with Crippen molar-refractivity contribution in [3.8, 4) is 0 Å². The number of thiophene rings is 1. The third kappa shape index (κ3) is 5.00. The van der Waals surface area contributed by atoms with Crippen molar-refractivity contribution in [3.63, 3.8) is 0 Å². The van der Waals surface area contributed by atoms with Gasteiger partial charge in [-0.2, -0.15) is 0 Å². The van der Waals surface area contributed by atoms with Crippen LogP contribution in [0.2, 0.25) is 0 Å². The fourth-order valence-corrected chi connectivity index (χ4v) is 3.36. The lowest BCUT2D eigenvalue weighted by Gasteiger charge is -2.06. The summed E-state index contributed by atoms with van der Waals surface area (Å²) in [5, 5.41) is 15.3. The molecule has 2 aromatic carbocycles. The van der Waals surface area contributed by atoms with Gasteiger partial charge >= 0.3 is 0 Å². The lowest BCUT2D eigenvalue weighted by atomic mass is 10.1. The van der Waals surface area contributed by atoms with Gasteiger partial charge in [0.15, 0.2) is 0 Å². The zero-order valence-corrected chi connectivity index (χ0v) is 14.6. The highest BCUT2D eigenvalue weighted by atomic mass is 32.1. The molecule has 1 amide bonds. The number of benzene rings is 2. The first-order valence-electron chi connectivity index (χ1n) is 8.12. The summed E-state index contributed by atoms with van der Waals surface area (Å²) >= 11 is 1.77. The second-order valence-electron chi connectivity index (χ2n) is 5.77. The van der Waals surface area contributed by atoms with Gasteiger partial charge in [-0.05, 0) is 58.6 Å². The molecule has 128 valence electrons. The maximum atomic E-state index is 10.9. The first-order valence-corrected chi connectivity index (χ1v) is 9.00. The molecule has 3 rings (SSSR count). The Bertz CT molecular complexity index is 869. The topological polar surface area (TPSA) is 61.4 Å². The Kier molecular flexibility index (Phi) is 5.95. The minimum atomic E-state index is -0.536. The van der Waals surface area contributed by atoms with E-state index >= 15 is 0 Å². The van der Waals surface area contributed by atoms with Gasteiger partial charge in [0.25, 0.3) is 5.91 Å². The summed E-state index contributed by atoms with van der Waals surface area (Å²) in [5.41, 5.74) is 5.02. The van der Waals surface area contributed by atoms with Crippen molar-refractivity contribution < 1.29 is 10.0 Å². The third-order valence-electron chi connectivity index (χ3n) is 3.95. The molecule has 0 saturated carbocycles. The molecule has 5 heteroatoms. The molecule has 1 aromatic heterocycles. The number of hydrogen-bond acceptors (Lipinski definition) is 4. The monoisotopic (exact) mass is 352 g/mol. The zero-order valence-electron chi connectivity index (χ0n) is 13.7. The third-order valence-corrected chi connectivity index (χ3v) is 4.85. The van der Waals surface area contributed by atoms with Crippen LogP contribution >= 0.6 is 11.3 Å². The molecule has 0 spiro atoms. The maximum absolute atomic E-state index is 10.9. The number of hydroxylamine groups is 1. The highest BCUT2D eigenvalue weighted by Gasteiger charge is 1.99. The van der Waals surface area contributed by atoms with Crippen molar-refractivity contribution in [3.05, 3.63) is 76.7 Å². The SMILES string of the molecule is O=C(/C=C/c1ccc(CNCCc2ccc3sccc3c2)cc1)NO. The van der Waals surface area contributed by atoms with Crippen molar-refractivity contribution >= 4 is 33.4 Å². The van der Waals surface area contributed by atoms with E-state index in [9.17, 15) is 4.79 Å². The molecule has 4 nitrogen and oxygen atoms in total. The fraction of sp³-hybridized carbons (Fsp3) is 0.150. The highest BCUT2D eigenvalue weighted by Crippen LogP contribution is 2.21. The number of rotatable bonds is 7. The van der Waals surface area contributed by atoms with Crippen molar-refractivity contribution in [2.75, 3.05) is 6.54 Å². The molecule has 1 heterocycles. The molecule has 0 aliphatic carbocycles. The largest absolute Gasteiger partial charge is 0.312 e. The standard InChI is InChI=1S/C20H20N2O2S/c23-20(22-24)8-6-15-1-3-17(4-2-15)14-21-11-9-16-5-7-19-18(13-16)10-12-25-19/h1-8,10,12-13,21,24H,9,11,14H2,(H,22,23)/b8-6+. The Morgan fingerprint density at radius 1 is 1.08 bits per heavy atom. The van der Waals surface area contributed by atoms with Gasteiger partial charge in [0.1, 0.15) is 0 Å². The number of amides is 1. The highest BCUT2D eigenvalue weighted by molar-refractivity contribution is 7.17. The maximum Gasteiger partial charge on any atom is 0.267 e. The van der Waals surface area contributed by atoms with Gasteiger partial charge in [-0.15, -0.1) is 11.3 Å². The number of fused-ring (bicyclic) bond motifs is 1. The predicted octanol–water partition coefficient (Wildman–Crippen LogP) is 3.75. The second kappa shape index (κ2) is 8.58. The molecule has 0 aliphatic rings. The number of hydrogen-bond donors (Lipinski definition) is 3. The van der Waals surface area contributed by atoms with Gasteiger partial charge in [0.2, 0.25) is 0 Å². The van der Waals surface area contributed by atoms with E-state index in [4.69, 9.17) is 5.21 Å². The molecule has 0 radical (unpaired) electrons. The van der Waals surface area contributed by atoms with Crippen LogP contribution in [0.3, 0.4) is 0 Å². The van der Waals surface area contributed by atoms with E-state index < -0.39 is 5.91 Å². The Balaban J connectivity index is 1.45. The number of carbonyl (C=O) groups excluding carboxylic acids is 1. The number of carbonyl (C=O) groups is 1. The van der Waals surface area contributed by atoms with E-state index in [1.807, 2.05) is 24.3 Å². The van der Waals surface area contributed by atoms with Crippen LogP contribution in [0.4, 0.5) is 0 Å². The quantitative estimate of drug-likeness (QED) is 0.263. The van der Waals surface area contributed by atoms with Crippen molar-refractivity contribution in [2.45, 2.75) is 13.0 Å². The molecule has 0 unspecified atom stereocenters. The first-order chi connectivity index (χ1) is 12.2. The zero-order chi connectivity index (χ0) is 17.5. The van der Waals surface area contributed by atoms with Crippen LogP contribution in [0.5, 0.6) is 0 Å². The van der Waals surface area contributed by atoms with E-state index in [2.05, 4.69) is 35.0 Å². The summed E-state index contributed by atoms with van der Waals surface area (Å²) in [7, 11) is 0. The summed E-state index contributed by atoms with van der Waals surface area (Å²) in [6.45, 7) is 1.73. The van der Waals surface area contributed by atoms with Crippen molar-refractivity contribution in [1.82, 2.24) is 10.8 Å². The molecule has 0 fully saturated rings. The fourth-order valence-electron chi connectivity index (χ4n) is 2.59. The van der Waals surface area contributed by atoms with Crippen molar-refractivity contribution in [1.29, 1.82) is 0 Å². The molecule has 0 aliphatic heterocycles. The van der Waals surface area contributed by atoms with Crippen LogP contribution in [0.15, 0.2) is 60.0 Å². The molecule has 3 N–H and O–H groups in total. The predicted molar refractivity (Wildman–Crippen MR) is 103 cm³/mol. The van der Waals surface area contributed by atoms with Crippen LogP contribution in [-0.2, 0) is 17.8 Å². The lowest BCUT2D eigenvalue weighted by Crippen LogP contribution is -2.16. The van der Waals surface area contributed by atoms with Gasteiger partial charge < -0.3 is 5.32 Å². The summed E-state index contributed by atoms with van der Waals surface area (Å²) in [4.78, 5) is 10.9. The lowest BCUT2D eigenvalue weighted by molar-refractivity contribution is -0.124. The van der Waals surface area contributed by atoms with Gasteiger partial charge in [0.05, 0.1) is 0 Å². The Morgan fingerprint density at radius 2 is 1.88 bits per heavy atom. The van der Waals surface area contributed by atoms with Crippen LogP contribution < -0.4 is 10.8 Å². The average Bonchev–Trinajstić information content (AvgIpc) is 3.12. The summed E-state index contributed by atoms with van der Waals surface area (Å²) < 4.78 is 1.34. The Morgan fingerprint density at radius 3 is 2.68 bits per heavy atom. The molecule has 0 bridgehead atoms. The first kappa shape index (κ1) is 17.4. The van der Waals surface area contributed by atoms with Gasteiger partial charge in [-0.3, -0.25) is 10.0 Å². The average molecular weight is 352 g/mol.